The molecule has 0 amide bonds. The molecule has 0 unspecified atom stereocenters. The number of hydrogen-bond donors (Lipinski definition) is 1. The molecule has 1 aliphatic heterocycles. The molecule has 0 radical (unpaired) electrons. The lowest BCUT2D eigenvalue weighted by Gasteiger charge is -2.20. The van der Waals surface area contributed by atoms with Crippen LogP contribution in [0.1, 0.15) is 32.1 Å². The van der Waals surface area contributed by atoms with Gasteiger partial charge in [0.1, 0.15) is 25.5 Å². The molecule has 10 heteroatoms. The monoisotopic (exact) mass is 506 g/mol. The van der Waals surface area contributed by atoms with E-state index in [0.717, 1.165) is 31.4 Å². The summed E-state index contributed by atoms with van der Waals surface area (Å²) in [5.74, 6) is 2.14. The molecule has 0 spiro atoms. The van der Waals surface area contributed by atoms with Gasteiger partial charge in [0.05, 0.1) is 0 Å². The van der Waals surface area contributed by atoms with Gasteiger partial charge in [0.2, 0.25) is 17.7 Å². The fourth-order valence-electron chi connectivity index (χ4n) is 4.68. The van der Waals surface area contributed by atoms with Gasteiger partial charge in [-0.15, -0.1) is 0 Å². The number of halogens is 1. The number of rotatable bonds is 7. The lowest BCUT2D eigenvalue weighted by Crippen LogP contribution is -2.26. The Morgan fingerprint density at radius 2 is 2.03 bits per heavy atom. The summed E-state index contributed by atoms with van der Waals surface area (Å²) >= 11 is 6.61. The smallest absolute Gasteiger partial charge is 0.260 e. The van der Waals surface area contributed by atoms with Crippen LogP contribution in [-0.2, 0) is 6.54 Å². The van der Waals surface area contributed by atoms with E-state index in [4.69, 9.17) is 16.1 Å². The highest BCUT2D eigenvalue weighted by atomic mass is 35.5. The molecule has 1 saturated heterocycles. The summed E-state index contributed by atoms with van der Waals surface area (Å²) in [5, 5.41) is 8.47. The molecule has 0 bridgehead atoms. The number of benzene rings is 1. The highest BCUT2D eigenvalue weighted by Gasteiger charge is 2.20. The molecular weight excluding hydrogens is 478 g/mol. The number of aryl methyl sites for hydroxylation is 2. The van der Waals surface area contributed by atoms with Crippen molar-refractivity contribution in [2.24, 2.45) is 5.92 Å². The van der Waals surface area contributed by atoms with Crippen LogP contribution in [0.5, 0.6) is 0 Å². The normalized spacial score (nSPS) is 14.5. The molecule has 1 fully saturated rings. The van der Waals surface area contributed by atoms with Gasteiger partial charge in [-0.1, -0.05) is 28.9 Å². The molecule has 4 heterocycles. The Labute approximate surface area is 213 Å². The van der Waals surface area contributed by atoms with Crippen LogP contribution in [0.3, 0.4) is 0 Å². The standard InChI is InChI=1S/C26H28ClN7O2/c1-4-34-24-19(15-29-26(31-24)28-10-7-17-8-11-33(3)12-9-17)13-21(25(34)35)20-6-5-18(14-22(20)27)23-30-16(2)36-32-23/h5-6,13-15,17H,3-4,7-12H2,1-2H3/p+1. The van der Waals surface area contributed by atoms with Crippen LogP contribution >= 0.6 is 11.6 Å². The number of fused-ring (bicyclic) bond motifs is 1. The molecule has 1 aromatic carbocycles. The lowest BCUT2D eigenvalue weighted by atomic mass is 9.94. The van der Waals surface area contributed by atoms with E-state index in [-0.39, 0.29) is 5.56 Å². The van der Waals surface area contributed by atoms with E-state index in [1.165, 1.54) is 12.8 Å². The summed E-state index contributed by atoms with van der Waals surface area (Å²) in [5.41, 5.74) is 2.29. The van der Waals surface area contributed by atoms with Gasteiger partial charge in [0.15, 0.2) is 0 Å². The second-order valence-corrected chi connectivity index (χ2v) is 9.60. The maximum absolute atomic E-state index is 13.5. The van der Waals surface area contributed by atoms with Gasteiger partial charge < -0.3 is 9.84 Å². The van der Waals surface area contributed by atoms with Crippen LogP contribution in [0.25, 0.3) is 33.5 Å². The van der Waals surface area contributed by atoms with Gasteiger partial charge in [0.25, 0.3) is 5.56 Å². The van der Waals surface area contributed by atoms with E-state index in [1.807, 2.05) is 19.1 Å². The first kappa shape index (κ1) is 24.1. The quantitative estimate of drug-likeness (QED) is 0.370. The van der Waals surface area contributed by atoms with Crippen molar-refractivity contribution in [1.29, 1.82) is 0 Å². The first-order valence-corrected chi connectivity index (χ1v) is 12.6. The Hall–Kier alpha value is -3.59. The van der Waals surface area contributed by atoms with E-state index in [0.29, 0.717) is 57.5 Å². The van der Waals surface area contributed by atoms with Gasteiger partial charge in [-0.05, 0) is 31.4 Å². The molecule has 0 atom stereocenters. The van der Waals surface area contributed by atoms with Gasteiger partial charge in [-0.25, -0.2) is 9.56 Å². The van der Waals surface area contributed by atoms with Crippen LogP contribution < -0.4 is 10.9 Å². The molecule has 9 nitrogen and oxygen atoms in total. The minimum atomic E-state index is -0.153. The maximum Gasteiger partial charge on any atom is 0.260 e. The fourth-order valence-corrected chi connectivity index (χ4v) is 4.97. The van der Waals surface area contributed by atoms with E-state index < -0.39 is 0 Å². The minimum Gasteiger partial charge on any atom is -0.354 e. The Morgan fingerprint density at radius 3 is 2.72 bits per heavy atom. The molecule has 1 aliphatic rings. The van der Waals surface area contributed by atoms with Crippen LogP contribution in [0.4, 0.5) is 5.95 Å². The molecule has 1 N–H and O–H groups in total. The van der Waals surface area contributed by atoms with Crippen molar-refractivity contribution in [3.05, 3.63) is 51.7 Å². The number of hydrogen-bond acceptors (Lipinski definition) is 7. The van der Waals surface area contributed by atoms with Gasteiger partial charge in [-0.2, -0.15) is 9.97 Å². The summed E-state index contributed by atoms with van der Waals surface area (Å²) < 4.78 is 8.85. The molecule has 36 heavy (non-hydrogen) atoms. The number of nitrogens with zero attached hydrogens (tertiary/aromatic N) is 6. The minimum absolute atomic E-state index is 0.153. The summed E-state index contributed by atoms with van der Waals surface area (Å²) in [6.45, 7) is 11.0. The van der Waals surface area contributed by atoms with Crippen molar-refractivity contribution < 1.29 is 9.10 Å². The summed E-state index contributed by atoms with van der Waals surface area (Å²) in [4.78, 5) is 26.9. The van der Waals surface area contributed by atoms with Crippen molar-refractivity contribution in [2.45, 2.75) is 39.7 Å². The molecule has 0 aliphatic carbocycles. The predicted octanol–water partition coefficient (Wildman–Crippen LogP) is 4.42. The Morgan fingerprint density at radius 1 is 1.22 bits per heavy atom. The van der Waals surface area contributed by atoms with Gasteiger partial charge in [-0.3, -0.25) is 9.36 Å². The predicted molar refractivity (Wildman–Crippen MR) is 141 cm³/mol. The van der Waals surface area contributed by atoms with E-state index >= 15 is 0 Å². The van der Waals surface area contributed by atoms with Crippen molar-refractivity contribution in [3.8, 4) is 22.5 Å². The third-order valence-electron chi connectivity index (χ3n) is 6.73. The maximum atomic E-state index is 13.5. The largest absolute Gasteiger partial charge is 0.354 e. The zero-order valence-corrected chi connectivity index (χ0v) is 21.3. The number of nitrogens with one attached hydrogen (secondary N) is 1. The first-order valence-electron chi connectivity index (χ1n) is 12.2. The first-order chi connectivity index (χ1) is 17.4. The lowest BCUT2D eigenvalue weighted by molar-refractivity contribution is -0.532. The van der Waals surface area contributed by atoms with E-state index in [9.17, 15) is 4.79 Å². The summed E-state index contributed by atoms with van der Waals surface area (Å²) in [6, 6.07) is 7.18. The topological polar surface area (TPSA) is 102 Å². The van der Waals surface area contributed by atoms with Crippen LogP contribution in [0.2, 0.25) is 5.02 Å². The molecule has 4 aromatic rings. The molecule has 5 rings (SSSR count). The van der Waals surface area contributed by atoms with Crippen molar-refractivity contribution >= 4 is 35.3 Å². The van der Waals surface area contributed by atoms with Crippen LogP contribution in [0.15, 0.2) is 39.8 Å². The molecule has 186 valence electrons. The second kappa shape index (κ2) is 10.2. The number of anilines is 1. The summed E-state index contributed by atoms with van der Waals surface area (Å²) in [7, 11) is 0. The SMILES string of the molecule is C=[N+]1CCC(CCNc2ncc3cc(-c4ccc(-c5noc(C)n5)cc4Cl)c(=O)n(CC)c3n2)CC1. The van der Waals surface area contributed by atoms with Gasteiger partial charge >= 0.3 is 0 Å². The number of pyridine rings is 1. The second-order valence-electron chi connectivity index (χ2n) is 9.19. The van der Waals surface area contributed by atoms with Crippen molar-refractivity contribution in [2.75, 3.05) is 25.0 Å². The molecule has 0 saturated carbocycles. The Bertz CT molecular complexity index is 1480. The highest BCUT2D eigenvalue weighted by Crippen LogP contribution is 2.31. The van der Waals surface area contributed by atoms with Crippen molar-refractivity contribution in [1.82, 2.24) is 24.7 Å². The third kappa shape index (κ3) is 4.88. The fraction of sp³-hybridized carbons (Fsp3) is 0.385. The summed E-state index contributed by atoms with van der Waals surface area (Å²) in [6.07, 6.45) is 5.15. The number of aromatic nitrogens is 5. The van der Waals surface area contributed by atoms with Crippen LogP contribution in [-0.4, -0.2) is 55.6 Å². The van der Waals surface area contributed by atoms with Crippen LogP contribution in [0, 0.1) is 12.8 Å². The Kier molecular flexibility index (Phi) is 6.82. The van der Waals surface area contributed by atoms with Gasteiger partial charge in [0, 0.05) is 66.2 Å². The average molecular weight is 507 g/mol. The van der Waals surface area contributed by atoms with E-state index in [1.54, 1.807) is 29.8 Å². The zero-order valence-electron chi connectivity index (χ0n) is 20.5. The highest BCUT2D eigenvalue weighted by molar-refractivity contribution is 6.33. The average Bonchev–Trinajstić information content (AvgIpc) is 3.31. The number of piperidine rings is 1. The zero-order chi connectivity index (χ0) is 25.2. The van der Waals surface area contributed by atoms with E-state index in [2.05, 4.69) is 36.7 Å². The molecule has 3 aromatic heterocycles. The Balaban J connectivity index is 1.41. The van der Waals surface area contributed by atoms with Crippen molar-refractivity contribution in [3.63, 3.8) is 0 Å². The molecular formula is C26H29ClN7O2+. The third-order valence-corrected chi connectivity index (χ3v) is 7.04.